The largest absolute Gasteiger partial charge is 0.495 e. The van der Waals surface area contributed by atoms with Gasteiger partial charge in [0.15, 0.2) is 0 Å². The van der Waals surface area contributed by atoms with Crippen LogP contribution in [0.15, 0.2) is 23.1 Å². The molecule has 116 valence electrons. The van der Waals surface area contributed by atoms with Crippen molar-refractivity contribution >= 4 is 15.9 Å². The lowest BCUT2D eigenvalue weighted by molar-refractivity contribution is 0.0743. The highest BCUT2D eigenvalue weighted by atomic mass is 32.2. The number of methoxy groups -OCH3 is 1. The maximum atomic E-state index is 12.5. The average Bonchev–Trinajstić information content (AvgIpc) is 2.75. The smallest absolute Gasteiger partial charge is 0.254 e. The molecule has 0 radical (unpaired) electrons. The summed E-state index contributed by atoms with van der Waals surface area (Å²) >= 11 is 0. The molecule has 2 unspecified atom stereocenters. The zero-order valence-electron chi connectivity index (χ0n) is 12.4. The van der Waals surface area contributed by atoms with Crippen molar-refractivity contribution in [2.24, 2.45) is 11.1 Å². The van der Waals surface area contributed by atoms with Crippen LogP contribution >= 0.6 is 0 Å². The van der Waals surface area contributed by atoms with Gasteiger partial charge < -0.3 is 9.64 Å². The van der Waals surface area contributed by atoms with Crippen molar-refractivity contribution in [1.82, 2.24) is 4.90 Å². The van der Waals surface area contributed by atoms with Crippen molar-refractivity contribution in [3.05, 3.63) is 23.8 Å². The number of ether oxygens (including phenoxy) is 1. The molecule has 1 aliphatic rings. The number of likely N-dealkylation sites (tertiary alicyclic amines) is 1. The summed E-state index contributed by atoms with van der Waals surface area (Å²) in [5, 5.41) is 5.17. The molecule has 1 heterocycles. The minimum absolute atomic E-state index is 0.136. The molecule has 1 fully saturated rings. The molecule has 2 N–H and O–H groups in total. The first kappa shape index (κ1) is 15.8. The van der Waals surface area contributed by atoms with Gasteiger partial charge in [0.2, 0.25) is 10.0 Å². The highest BCUT2D eigenvalue weighted by molar-refractivity contribution is 7.89. The van der Waals surface area contributed by atoms with E-state index in [9.17, 15) is 13.2 Å². The van der Waals surface area contributed by atoms with Crippen molar-refractivity contribution in [2.45, 2.75) is 31.2 Å². The summed E-state index contributed by atoms with van der Waals surface area (Å²) in [5.41, 5.74) is 0.306. The Morgan fingerprint density at radius 1 is 1.38 bits per heavy atom. The fourth-order valence-corrected chi connectivity index (χ4v) is 3.50. The fraction of sp³-hybridized carbons (Fsp3) is 0.500. The van der Waals surface area contributed by atoms with Crippen LogP contribution in [-0.2, 0) is 10.0 Å². The van der Waals surface area contributed by atoms with Gasteiger partial charge in [0.05, 0.1) is 7.11 Å². The maximum absolute atomic E-state index is 12.5. The molecule has 0 spiro atoms. The van der Waals surface area contributed by atoms with E-state index in [2.05, 4.69) is 6.92 Å². The van der Waals surface area contributed by atoms with Crippen molar-refractivity contribution < 1.29 is 17.9 Å². The summed E-state index contributed by atoms with van der Waals surface area (Å²) in [6.45, 7) is 4.76. The third-order valence-corrected chi connectivity index (χ3v) is 4.69. The van der Waals surface area contributed by atoms with Gasteiger partial charge in [-0.15, -0.1) is 0 Å². The number of benzene rings is 1. The van der Waals surface area contributed by atoms with Gasteiger partial charge >= 0.3 is 0 Å². The summed E-state index contributed by atoms with van der Waals surface area (Å²) in [4.78, 5) is 14.1. The number of amides is 1. The second kappa shape index (κ2) is 5.65. The number of carbonyl (C=O) groups is 1. The summed E-state index contributed by atoms with van der Waals surface area (Å²) in [6, 6.07) is 4.45. The Balaban J connectivity index is 2.39. The molecule has 2 rings (SSSR count). The monoisotopic (exact) mass is 312 g/mol. The maximum Gasteiger partial charge on any atom is 0.254 e. The first-order chi connectivity index (χ1) is 9.74. The van der Waals surface area contributed by atoms with E-state index in [0.717, 1.165) is 6.42 Å². The van der Waals surface area contributed by atoms with Gasteiger partial charge in [0.25, 0.3) is 5.91 Å². The number of carbonyl (C=O) groups excluding carboxylic acids is 1. The number of sulfonamides is 1. The number of rotatable bonds is 3. The van der Waals surface area contributed by atoms with Crippen LogP contribution in [0, 0.1) is 5.92 Å². The number of nitrogens with two attached hydrogens (primary N) is 1. The van der Waals surface area contributed by atoms with E-state index in [0.29, 0.717) is 18.0 Å². The molecule has 1 aliphatic heterocycles. The predicted molar refractivity (Wildman–Crippen MR) is 78.6 cm³/mol. The Bertz CT molecular complexity index is 657. The van der Waals surface area contributed by atoms with E-state index in [4.69, 9.17) is 9.88 Å². The second-order valence-corrected chi connectivity index (χ2v) is 7.09. The lowest BCUT2D eigenvalue weighted by atomic mass is 10.1. The van der Waals surface area contributed by atoms with Crippen molar-refractivity contribution in [1.29, 1.82) is 0 Å². The minimum atomic E-state index is -3.95. The van der Waals surface area contributed by atoms with E-state index in [1.165, 1.54) is 19.2 Å². The molecule has 0 aromatic heterocycles. The third kappa shape index (κ3) is 3.19. The molecule has 7 heteroatoms. The zero-order valence-corrected chi connectivity index (χ0v) is 13.2. The van der Waals surface area contributed by atoms with Gasteiger partial charge in [-0.3, -0.25) is 4.79 Å². The Kier molecular flexibility index (Phi) is 4.25. The van der Waals surface area contributed by atoms with Gasteiger partial charge in [-0.25, -0.2) is 13.6 Å². The average molecular weight is 312 g/mol. The second-order valence-electron chi connectivity index (χ2n) is 5.56. The van der Waals surface area contributed by atoms with Gasteiger partial charge in [-0.2, -0.15) is 0 Å². The van der Waals surface area contributed by atoms with Gasteiger partial charge in [-0.05, 0) is 37.5 Å². The Hall–Kier alpha value is -1.60. The minimum Gasteiger partial charge on any atom is -0.495 e. The molecule has 0 saturated carbocycles. The lowest BCUT2D eigenvalue weighted by Gasteiger charge is -2.22. The zero-order chi connectivity index (χ0) is 15.8. The first-order valence-electron chi connectivity index (χ1n) is 6.76. The van der Waals surface area contributed by atoms with Gasteiger partial charge in [-0.1, -0.05) is 6.92 Å². The number of hydrogen-bond acceptors (Lipinski definition) is 4. The molecular formula is C14H20N2O4S. The van der Waals surface area contributed by atoms with Crippen LogP contribution in [0.5, 0.6) is 5.75 Å². The molecule has 0 bridgehead atoms. The van der Waals surface area contributed by atoms with Crippen LogP contribution in [0.1, 0.15) is 30.6 Å². The van der Waals surface area contributed by atoms with Crippen LogP contribution in [0.4, 0.5) is 0 Å². The quantitative estimate of drug-likeness (QED) is 0.908. The van der Waals surface area contributed by atoms with Crippen molar-refractivity contribution in [3.63, 3.8) is 0 Å². The van der Waals surface area contributed by atoms with E-state index in [1.807, 2.05) is 6.92 Å². The molecule has 2 atom stereocenters. The van der Waals surface area contributed by atoms with Gasteiger partial charge in [0.1, 0.15) is 10.6 Å². The Labute approximate surface area is 124 Å². The number of primary sulfonamides is 1. The first-order valence-corrected chi connectivity index (χ1v) is 8.30. The molecule has 21 heavy (non-hydrogen) atoms. The Morgan fingerprint density at radius 2 is 2.05 bits per heavy atom. The van der Waals surface area contributed by atoms with Crippen LogP contribution in [0.25, 0.3) is 0 Å². The highest BCUT2D eigenvalue weighted by Gasteiger charge is 2.31. The molecule has 1 saturated heterocycles. The predicted octanol–water partition coefficient (Wildman–Crippen LogP) is 1.21. The standard InChI is InChI=1S/C14H20N2O4S/c1-9-6-10(2)16(8-9)14(17)11-4-5-12(20-3)13(7-11)21(15,18)19/h4-5,7,9-10H,6,8H2,1-3H3,(H2,15,18,19). The van der Waals surface area contributed by atoms with Crippen LogP contribution in [0.3, 0.4) is 0 Å². The third-order valence-electron chi connectivity index (χ3n) is 3.76. The molecule has 0 aliphatic carbocycles. The van der Waals surface area contributed by atoms with Gasteiger partial charge in [0, 0.05) is 18.2 Å². The molecule has 6 nitrogen and oxygen atoms in total. The van der Waals surface area contributed by atoms with E-state index in [1.54, 1.807) is 11.0 Å². The van der Waals surface area contributed by atoms with Crippen LogP contribution in [0.2, 0.25) is 0 Å². The molecule has 1 aromatic rings. The summed E-state index contributed by atoms with van der Waals surface area (Å²) < 4.78 is 28.2. The van der Waals surface area contributed by atoms with Crippen LogP contribution in [-0.4, -0.2) is 38.9 Å². The van der Waals surface area contributed by atoms with E-state index in [-0.39, 0.29) is 22.6 Å². The van der Waals surface area contributed by atoms with E-state index < -0.39 is 10.0 Å². The van der Waals surface area contributed by atoms with Crippen LogP contribution < -0.4 is 9.88 Å². The molecular weight excluding hydrogens is 292 g/mol. The van der Waals surface area contributed by atoms with E-state index >= 15 is 0 Å². The lowest BCUT2D eigenvalue weighted by Crippen LogP contribution is -2.34. The van der Waals surface area contributed by atoms with Crippen molar-refractivity contribution in [3.8, 4) is 5.75 Å². The highest BCUT2D eigenvalue weighted by Crippen LogP contribution is 2.28. The Morgan fingerprint density at radius 3 is 2.52 bits per heavy atom. The normalized spacial score (nSPS) is 22.4. The summed E-state index contributed by atoms with van der Waals surface area (Å²) in [7, 11) is -2.59. The SMILES string of the molecule is COc1ccc(C(=O)N2CC(C)CC2C)cc1S(N)(=O)=O. The summed E-state index contributed by atoms with van der Waals surface area (Å²) in [6.07, 6.45) is 0.948. The summed E-state index contributed by atoms with van der Waals surface area (Å²) in [5.74, 6) is 0.399. The molecule has 1 aromatic carbocycles. The number of hydrogen-bond donors (Lipinski definition) is 1. The number of nitrogens with zero attached hydrogens (tertiary/aromatic N) is 1. The van der Waals surface area contributed by atoms with Crippen molar-refractivity contribution in [2.75, 3.05) is 13.7 Å². The topological polar surface area (TPSA) is 89.7 Å². The molecule has 1 amide bonds. The fourth-order valence-electron chi connectivity index (χ4n) is 2.78.